The summed E-state index contributed by atoms with van der Waals surface area (Å²) in [4.78, 5) is 27.9. The molecule has 0 spiro atoms. The minimum atomic E-state index is -0.661. The van der Waals surface area contributed by atoms with E-state index in [0.29, 0.717) is 16.1 Å². The van der Waals surface area contributed by atoms with E-state index < -0.39 is 11.9 Å². The Kier molecular flexibility index (Phi) is 5.88. The summed E-state index contributed by atoms with van der Waals surface area (Å²) in [5, 5.41) is 3.37. The number of amides is 1. The van der Waals surface area contributed by atoms with Gasteiger partial charge in [-0.25, -0.2) is 9.78 Å². The number of nitrogens with zero attached hydrogens (tertiary/aromatic N) is 1. The van der Waals surface area contributed by atoms with E-state index in [1.165, 1.54) is 12.2 Å². The summed E-state index contributed by atoms with van der Waals surface area (Å²) in [7, 11) is 0. The van der Waals surface area contributed by atoms with Crippen LogP contribution in [0.2, 0.25) is 5.02 Å². The zero-order chi connectivity index (χ0) is 19.2. The van der Waals surface area contributed by atoms with Gasteiger partial charge in [-0.05, 0) is 36.8 Å². The molecule has 1 amide bonds. The third kappa shape index (κ3) is 5.18. The van der Waals surface area contributed by atoms with Gasteiger partial charge in [0.05, 0.1) is 6.04 Å². The normalized spacial score (nSPS) is 12.2. The Bertz CT molecular complexity index is 946. The predicted molar refractivity (Wildman–Crippen MR) is 102 cm³/mol. The van der Waals surface area contributed by atoms with Gasteiger partial charge in [-0.2, -0.15) is 0 Å². The highest BCUT2D eigenvalue weighted by Crippen LogP contribution is 2.16. The number of rotatable bonds is 6. The molecule has 0 saturated carbocycles. The molecule has 0 bridgehead atoms. The first-order valence-electron chi connectivity index (χ1n) is 8.26. The number of halogens is 1. The molecule has 3 aromatic rings. The maximum atomic E-state index is 11.9. The largest absolute Gasteiger partial charge is 0.452 e. The minimum Gasteiger partial charge on any atom is -0.452 e. The maximum Gasteiger partial charge on any atom is 0.331 e. The van der Waals surface area contributed by atoms with Crippen molar-refractivity contribution in [3.05, 3.63) is 71.1 Å². The third-order valence-electron chi connectivity index (χ3n) is 3.77. The van der Waals surface area contributed by atoms with E-state index in [9.17, 15) is 9.59 Å². The van der Waals surface area contributed by atoms with E-state index in [4.69, 9.17) is 20.8 Å². The minimum absolute atomic E-state index is 0.233. The number of oxazole rings is 1. The molecule has 7 heteroatoms. The molecule has 2 aromatic carbocycles. The van der Waals surface area contributed by atoms with Crippen LogP contribution in [-0.2, 0) is 14.3 Å². The monoisotopic (exact) mass is 384 g/mol. The number of nitrogens with one attached hydrogen (secondary N) is 1. The molecule has 0 radical (unpaired) electrons. The molecule has 138 valence electrons. The van der Waals surface area contributed by atoms with Crippen molar-refractivity contribution >= 4 is 40.7 Å². The molecule has 3 rings (SSSR count). The van der Waals surface area contributed by atoms with E-state index >= 15 is 0 Å². The summed E-state index contributed by atoms with van der Waals surface area (Å²) >= 11 is 5.84. The van der Waals surface area contributed by atoms with Crippen LogP contribution >= 0.6 is 11.6 Å². The van der Waals surface area contributed by atoms with E-state index in [1.54, 1.807) is 24.3 Å². The molecule has 0 aliphatic heterocycles. The SMILES string of the molecule is C[C@@H](NC(=O)COC(=O)/C=C/c1nc2ccccc2o1)c1ccc(Cl)cc1. The number of aromatic nitrogens is 1. The average molecular weight is 385 g/mol. The number of ether oxygens (including phenoxy) is 1. The lowest BCUT2D eigenvalue weighted by atomic mass is 10.1. The highest BCUT2D eigenvalue weighted by molar-refractivity contribution is 6.30. The first kappa shape index (κ1) is 18.7. The van der Waals surface area contributed by atoms with Crippen molar-refractivity contribution in [1.82, 2.24) is 10.3 Å². The van der Waals surface area contributed by atoms with E-state index in [0.717, 1.165) is 5.56 Å². The first-order valence-corrected chi connectivity index (χ1v) is 8.64. The van der Waals surface area contributed by atoms with Crippen LogP contribution in [0.25, 0.3) is 17.2 Å². The van der Waals surface area contributed by atoms with Crippen LogP contribution in [0.3, 0.4) is 0 Å². The van der Waals surface area contributed by atoms with Crippen LogP contribution in [0.5, 0.6) is 0 Å². The number of carbonyl (C=O) groups is 2. The Morgan fingerprint density at radius 2 is 1.96 bits per heavy atom. The molecule has 1 atom stereocenters. The maximum absolute atomic E-state index is 11.9. The fourth-order valence-corrected chi connectivity index (χ4v) is 2.53. The average Bonchev–Trinajstić information content (AvgIpc) is 3.08. The van der Waals surface area contributed by atoms with Gasteiger partial charge in [0.15, 0.2) is 12.2 Å². The molecule has 27 heavy (non-hydrogen) atoms. The number of hydrogen-bond acceptors (Lipinski definition) is 5. The second kappa shape index (κ2) is 8.51. The number of fused-ring (bicyclic) bond motifs is 1. The Balaban J connectivity index is 1.48. The van der Waals surface area contributed by atoms with Gasteiger partial charge in [-0.3, -0.25) is 4.79 Å². The fourth-order valence-electron chi connectivity index (χ4n) is 2.40. The summed E-state index contributed by atoms with van der Waals surface area (Å²) in [6.07, 6.45) is 2.57. The fraction of sp³-hybridized carbons (Fsp3) is 0.150. The van der Waals surface area contributed by atoms with Crippen LogP contribution in [0.1, 0.15) is 24.4 Å². The Morgan fingerprint density at radius 3 is 2.70 bits per heavy atom. The topological polar surface area (TPSA) is 81.4 Å². The molecular weight excluding hydrogens is 368 g/mol. The Labute approximate surface area is 160 Å². The zero-order valence-corrected chi connectivity index (χ0v) is 15.3. The summed E-state index contributed by atoms with van der Waals surface area (Å²) < 4.78 is 10.4. The van der Waals surface area contributed by atoms with Crippen molar-refractivity contribution in [3.63, 3.8) is 0 Å². The quantitative estimate of drug-likeness (QED) is 0.514. The number of carbonyl (C=O) groups excluding carboxylic acids is 2. The van der Waals surface area contributed by atoms with Gasteiger partial charge in [0.1, 0.15) is 5.52 Å². The molecule has 1 heterocycles. The number of benzene rings is 2. The van der Waals surface area contributed by atoms with Crippen molar-refractivity contribution in [2.45, 2.75) is 13.0 Å². The van der Waals surface area contributed by atoms with Crippen LogP contribution in [-0.4, -0.2) is 23.5 Å². The van der Waals surface area contributed by atoms with Crippen molar-refractivity contribution < 1.29 is 18.7 Å². The molecule has 0 aliphatic carbocycles. The predicted octanol–water partition coefficient (Wildman–Crippen LogP) is 3.92. The third-order valence-corrected chi connectivity index (χ3v) is 4.02. The van der Waals surface area contributed by atoms with E-state index in [1.807, 2.05) is 31.2 Å². The molecule has 1 aromatic heterocycles. The summed E-state index contributed by atoms with van der Waals surface area (Å²) in [6.45, 7) is 1.45. The van der Waals surface area contributed by atoms with Crippen molar-refractivity contribution in [2.24, 2.45) is 0 Å². The zero-order valence-electron chi connectivity index (χ0n) is 14.5. The van der Waals surface area contributed by atoms with Gasteiger partial charge in [0, 0.05) is 17.2 Å². The molecule has 1 N–H and O–H groups in total. The molecule has 6 nitrogen and oxygen atoms in total. The highest BCUT2D eigenvalue weighted by atomic mass is 35.5. The van der Waals surface area contributed by atoms with Crippen LogP contribution < -0.4 is 5.32 Å². The van der Waals surface area contributed by atoms with Crippen molar-refractivity contribution in [1.29, 1.82) is 0 Å². The molecule has 0 unspecified atom stereocenters. The van der Waals surface area contributed by atoms with E-state index in [-0.39, 0.29) is 18.5 Å². The first-order chi connectivity index (χ1) is 13.0. The van der Waals surface area contributed by atoms with Gasteiger partial charge in [-0.1, -0.05) is 35.9 Å². The summed E-state index contributed by atoms with van der Waals surface area (Å²) in [5.74, 6) is -0.776. The van der Waals surface area contributed by atoms with Gasteiger partial charge < -0.3 is 14.5 Å². The molecular formula is C20H17ClN2O4. The van der Waals surface area contributed by atoms with Crippen LogP contribution in [0.4, 0.5) is 0 Å². The lowest BCUT2D eigenvalue weighted by molar-refractivity contribution is -0.144. The Morgan fingerprint density at radius 1 is 1.22 bits per heavy atom. The standard InChI is InChI=1S/C20H17ClN2O4/c1-13(14-6-8-15(21)9-7-14)22-18(24)12-26-20(25)11-10-19-23-16-4-2-3-5-17(16)27-19/h2-11,13H,12H2,1H3,(H,22,24)/b11-10+/t13-/m1/s1. The lowest BCUT2D eigenvalue weighted by Gasteiger charge is -2.14. The number of hydrogen-bond donors (Lipinski definition) is 1. The molecule has 0 saturated heterocycles. The van der Waals surface area contributed by atoms with Crippen molar-refractivity contribution in [2.75, 3.05) is 6.61 Å². The van der Waals surface area contributed by atoms with Crippen LogP contribution in [0.15, 0.2) is 59.0 Å². The highest BCUT2D eigenvalue weighted by Gasteiger charge is 2.11. The van der Waals surface area contributed by atoms with Gasteiger partial charge >= 0.3 is 5.97 Å². The Hall–Kier alpha value is -3.12. The number of para-hydroxylation sites is 2. The second-order valence-corrected chi connectivity index (χ2v) is 6.24. The second-order valence-electron chi connectivity index (χ2n) is 5.80. The van der Waals surface area contributed by atoms with E-state index in [2.05, 4.69) is 10.3 Å². The molecule has 0 fully saturated rings. The van der Waals surface area contributed by atoms with Crippen molar-refractivity contribution in [3.8, 4) is 0 Å². The summed E-state index contributed by atoms with van der Waals surface area (Å²) in [6, 6.07) is 14.2. The van der Waals surface area contributed by atoms with Gasteiger partial charge in [0.25, 0.3) is 5.91 Å². The van der Waals surface area contributed by atoms with Gasteiger partial charge in [-0.15, -0.1) is 0 Å². The van der Waals surface area contributed by atoms with Crippen LogP contribution in [0, 0.1) is 0 Å². The smallest absolute Gasteiger partial charge is 0.331 e. The number of esters is 1. The molecule has 0 aliphatic rings. The summed E-state index contributed by atoms with van der Waals surface area (Å²) in [5.41, 5.74) is 2.22. The lowest BCUT2D eigenvalue weighted by Crippen LogP contribution is -2.30. The van der Waals surface area contributed by atoms with Gasteiger partial charge in [0.2, 0.25) is 5.89 Å².